The number of nitrogens with zero attached hydrogens (tertiary/aromatic N) is 3. The summed E-state index contributed by atoms with van der Waals surface area (Å²) in [7, 11) is 0. The van der Waals surface area contributed by atoms with Gasteiger partial charge in [0.15, 0.2) is 0 Å². The summed E-state index contributed by atoms with van der Waals surface area (Å²) in [6.07, 6.45) is 10.2. The molecule has 1 aromatic heterocycles. The van der Waals surface area contributed by atoms with Crippen molar-refractivity contribution < 1.29 is 4.74 Å². The SMILES string of the molecule is CCCCc1ccc2ncnc(NC3CCC(N4CCOCC4)CC3)c2c1. The number of fused-ring (bicyclic) bond motifs is 1. The van der Waals surface area contributed by atoms with Crippen molar-refractivity contribution in [3.8, 4) is 0 Å². The van der Waals surface area contributed by atoms with E-state index in [2.05, 4.69) is 45.3 Å². The van der Waals surface area contributed by atoms with Crippen LogP contribution in [0.4, 0.5) is 5.82 Å². The van der Waals surface area contributed by atoms with Gasteiger partial charge in [-0.25, -0.2) is 9.97 Å². The van der Waals surface area contributed by atoms with Crippen molar-refractivity contribution in [1.82, 2.24) is 14.9 Å². The molecule has 2 aliphatic rings. The number of hydrogen-bond donors (Lipinski definition) is 1. The number of rotatable bonds is 6. The molecule has 0 amide bonds. The molecule has 0 unspecified atom stereocenters. The largest absolute Gasteiger partial charge is 0.379 e. The van der Waals surface area contributed by atoms with Crippen LogP contribution in [0.25, 0.3) is 10.9 Å². The summed E-state index contributed by atoms with van der Waals surface area (Å²) in [6, 6.07) is 7.88. The lowest BCUT2D eigenvalue weighted by Crippen LogP contribution is -2.46. The van der Waals surface area contributed by atoms with Gasteiger partial charge in [0.2, 0.25) is 0 Å². The lowest BCUT2D eigenvalue weighted by Gasteiger charge is -2.39. The molecular formula is C22H32N4O. The first-order chi connectivity index (χ1) is 13.3. The average molecular weight is 369 g/mol. The average Bonchev–Trinajstić information content (AvgIpc) is 2.74. The second-order valence-electron chi connectivity index (χ2n) is 7.98. The standard InChI is InChI=1S/C22H32N4O/c1-2-3-4-17-5-10-21-20(15-17)22(24-16-23-21)25-18-6-8-19(9-7-18)26-11-13-27-14-12-26/h5,10,15-16,18-19H,2-4,6-9,11-14H2,1H3,(H,23,24,25). The Kier molecular flexibility index (Phi) is 6.20. The molecule has 0 radical (unpaired) electrons. The van der Waals surface area contributed by atoms with E-state index in [0.29, 0.717) is 6.04 Å². The highest BCUT2D eigenvalue weighted by Gasteiger charge is 2.27. The quantitative estimate of drug-likeness (QED) is 0.834. The summed E-state index contributed by atoms with van der Waals surface area (Å²) in [6.45, 7) is 6.22. The Labute approximate surface area is 162 Å². The molecule has 1 aliphatic heterocycles. The molecule has 1 aliphatic carbocycles. The Hall–Kier alpha value is -1.72. The Morgan fingerprint density at radius 2 is 1.93 bits per heavy atom. The van der Waals surface area contributed by atoms with E-state index in [1.807, 2.05) is 0 Å². The van der Waals surface area contributed by atoms with Gasteiger partial charge in [-0.2, -0.15) is 0 Å². The van der Waals surface area contributed by atoms with Gasteiger partial charge in [0, 0.05) is 30.6 Å². The van der Waals surface area contributed by atoms with Crippen LogP contribution in [0.1, 0.15) is 51.0 Å². The molecule has 0 bridgehead atoms. The van der Waals surface area contributed by atoms with E-state index < -0.39 is 0 Å². The minimum atomic E-state index is 0.514. The fourth-order valence-corrected chi connectivity index (χ4v) is 4.48. The maximum Gasteiger partial charge on any atom is 0.137 e. The summed E-state index contributed by atoms with van der Waals surface area (Å²) < 4.78 is 5.50. The molecule has 146 valence electrons. The number of unbranched alkanes of at least 4 members (excludes halogenated alkanes) is 1. The predicted octanol–water partition coefficient (Wildman–Crippen LogP) is 4.03. The summed E-state index contributed by atoms with van der Waals surface area (Å²) in [4.78, 5) is 11.7. The Morgan fingerprint density at radius 1 is 1.11 bits per heavy atom. The summed E-state index contributed by atoms with van der Waals surface area (Å²) in [5.41, 5.74) is 2.42. The number of aryl methyl sites for hydroxylation is 1. The highest BCUT2D eigenvalue weighted by Crippen LogP contribution is 2.28. The third-order valence-corrected chi connectivity index (χ3v) is 6.12. The maximum atomic E-state index is 5.50. The first-order valence-electron chi connectivity index (χ1n) is 10.7. The summed E-state index contributed by atoms with van der Waals surface area (Å²) in [5.74, 6) is 1.01. The normalized spacial score (nSPS) is 24.2. The Morgan fingerprint density at radius 3 is 2.70 bits per heavy atom. The van der Waals surface area contributed by atoms with Crippen LogP contribution in [0, 0.1) is 0 Å². The lowest BCUT2D eigenvalue weighted by atomic mass is 9.90. The number of benzene rings is 1. The molecule has 2 heterocycles. The van der Waals surface area contributed by atoms with Gasteiger partial charge in [0.25, 0.3) is 0 Å². The lowest BCUT2D eigenvalue weighted by molar-refractivity contribution is 0.00791. The topological polar surface area (TPSA) is 50.3 Å². The molecule has 2 fully saturated rings. The minimum absolute atomic E-state index is 0.514. The third-order valence-electron chi connectivity index (χ3n) is 6.12. The second kappa shape index (κ2) is 8.98. The summed E-state index contributed by atoms with van der Waals surface area (Å²) in [5, 5.41) is 4.90. The van der Waals surface area contributed by atoms with Crippen molar-refractivity contribution in [3.05, 3.63) is 30.1 Å². The number of ether oxygens (including phenoxy) is 1. The first kappa shape index (κ1) is 18.6. The number of morpholine rings is 1. The number of hydrogen-bond acceptors (Lipinski definition) is 5. The molecule has 1 aromatic carbocycles. The number of anilines is 1. The van der Waals surface area contributed by atoms with E-state index >= 15 is 0 Å². The molecular weight excluding hydrogens is 336 g/mol. The monoisotopic (exact) mass is 368 g/mol. The maximum absolute atomic E-state index is 5.50. The smallest absolute Gasteiger partial charge is 0.137 e. The second-order valence-corrected chi connectivity index (χ2v) is 7.98. The van der Waals surface area contributed by atoms with E-state index in [0.717, 1.165) is 50.1 Å². The van der Waals surface area contributed by atoms with Crippen molar-refractivity contribution >= 4 is 16.7 Å². The molecule has 27 heavy (non-hydrogen) atoms. The van der Waals surface area contributed by atoms with E-state index in [1.54, 1.807) is 6.33 Å². The van der Waals surface area contributed by atoms with Gasteiger partial charge < -0.3 is 10.1 Å². The minimum Gasteiger partial charge on any atom is -0.379 e. The highest BCUT2D eigenvalue weighted by atomic mass is 16.5. The van der Waals surface area contributed by atoms with Gasteiger partial charge in [0.05, 0.1) is 18.7 Å². The fourth-order valence-electron chi connectivity index (χ4n) is 4.48. The van der Waals surface area contributed by atoms with Crippen LogP contribution >= 0.6 is 0 Å². The molecule has 4 rings (SSSR count). The molecule has 2 aromatic rings. The molecule has 1 saturated heterocycles. The van der Waals surface area contributed by atoms with E-state index in [9.17, 15) is 0 Å². The van der Waals surface area contributed by atoms with Crippen LogP contribution in [0.2, 0.25) is 0 Å². The highest BCUT2D eigenvalue weighted by molar-refractivity contribution is 5.89. The van der Waals surface area contributed by atoms with Gasteiger partial charge in [-0.15, -0.1) is 0 Å². The molecule has 5 nitrogen and oxygen atoms in total. The van der Waals surface area contributed by atoms with Crippen molar-refractivity contribution in [3.63, 3.8) is 0 Å². The van der Waals surface area contributed by atoms with E-state index in [1.165, 1.54) is 49.5 Å². The van der Waals surface area contributed by atoms with Crippen LogP contribution in [0.15, 0.2) is 24.5 Å². The Balaban J connectivity index is 1.41. The van der Waals surface area contributed by atoms with E-state index in [-0.39, 0.29) is 0 Å². The van der Waals surface area contributed by atoms with Gasteiger partial charge in [-0.3, -0.25) is 4.90 Å². The zero-order chi connectivity index (χ0) is 18.5. The van der Waals surface area contributed by atoms with Crippen LogP contribution in [-0.2, 0) is 11.2 Å². The van der Waals surface area contributed by atoms with Crippen LogP contribution in [-0.4, -0.2) is 53.3 Å². The van der Waals surface area contributed by atoms with Gasteiger partial charge in [-0.05, 0) is 56.2 Å². The molecule has 1 N–H and O–H groups in total. The molecule has 1 saturated carbocycles. The summed E-state index contributed by atoms with van der Waals surface area (Å²) >= 11 is 0. The van der Waals surface area contributed by atoms with Gasteiger partial charge in [0.1, 0.15) is 12.1 Å². The van der Waals surface area contributed by atoms with Crippen molar-refractivity contribution in [2.45, 2.75) is 64.0 Å². The van der Waals surface area contributed by atoms with Gasteiger partial charge >= 0.3 is 0 Å². The van der Waals surface area contributed by atoms with Gasteiger partial charge in [-0.1, -0.05) is 19.4 Å². The van der Waals surface area contributed by atoms with Crippen LogP contribution in [0.3, 0.4) is 0 Å². The Bertz CT molecular complexity index is 736. The van der Waals surface area contributed by atoms with Crippen LogP contribution in [0.5, 0.6) is 0 Å². The number of aromatic nitrogens is 2. The molecule has 0 spiro atoms. The fraction of sp³-hybridized carbons (Fsp3) is 0.636. The zero-order valence-electron chi connectivity index (χ0n) is 16.5. The number of nitrogens with one attached hydrogen (secondary N) is 1. The molecule has 0 atom stereocenters. The van der Waals surface area contributed by atoms with Crippen molar-refractivity contribution in [1.29, 1.82) is 0 Å². The predicted molar refractivity (Wildman–Crippen MR) is 110 cm³/mol. The van der Waals surface area contributed by atoms with Crippen LogP contribution < -0.4 is 5.32 Å². The third kappa shape index (κ3) is 4.58. The van der Waals surface area contributed by atoms with Crippen molar-refractivity contribution in [2.75, 3.05) is 31.6 Å². The van der Waals surface area contributed by atoms with E-state index in [4.69, 9.17) is 4.74 Å². The van der Waals surface area contributed by atoms with Crippen molar-refractivity contribution in [2.24, 2.45) is 0 Å². The zero-order valence-corrected chi connectivity index (χ0v) is 16.5. The molecule has 5 heteroatoms. The first-order valence-corrected chi connectivity index (χ1v) is 10.7.